The van der Waals surface area contributed by atoms with Crippen LogP contribution < -0.4 is 5.14 Å². The van der Waals surface area contributed by atoms with Crippen molar-refractivity contribution in [3.63, 3.8) is 0 Å². The minimum Gasteiger partial charge on any atom is -0.225 e. The fraction of sp³-hybridized carbons (Fsp3) is 0.176. The third-order valence-electron chi connectivity index (χ3n) is 4.41. The summed E-state index contributed by atoms with van der Waals surface area (Å²) in [5, 5.41) is 9.29. The average Bonchev–Trinajstić information content (AvgIpc) is 3.19. The molecule has 0 aliphatic heterocycles. The first-order valence-corrected chi connectivity index (χ1v) is 9.15. The Balaban J connectivity index is 1.55. The third-order valence-corrected chi connectivity index (χ3v) is 5.34. The third kappa shape index (κ3) is 2.83. The van der Waals surface area contributed by atoms with Crippen LogP contribution in [-0.2, 0) is 10.0 Å². The molecule has 1 heterocycles. The van der Waals surface area contributed by atoms with Crippen molar-refractivity contribution in [1.82, 2.24) is 14.8 Å². The topological polar surface area (TPSA) is 90.9 Å². The Labute approximate surface area is 140 Å². The SMILES string of the molecule is NS(=O)(=O)c1ccc([C@@H]2C[C@H]2c2cccc(-n3cncn3)c2)cc1. The van der Waals surface area contributed by atoms with Crippen molar-refractivity contribution >= 4 is 10.0 Å². The molecular formula is C17H16N4O2S. The van der Waals surface area contributed by atoms with E-state index >= 15 is 0 Å². The Morgan fingerprint density at radius 2 is 1.79 bits per heavy atom. The van der Waals surface area contributed by atoms with Gasteiger partial charge < -0.3 is 0 Å². The molecule has 0 bridgehead atoms. The monoisotopic (exact) mass is 340 g/mol. The Bertz CT molecular complexity index is 966. The van der Waals surface area contributed by atoms with Gasteiger partial charge in [0.15, 0.2) is 0 Å². The molecular weight excluding hydrogens is 324 g/mol. The zero-order valence-electron chi connectivity index (χ0n) is 12.8. The highest BCUT2D eigenvalue weighted by atomic mass is 32.2. The fourth-order valence-electron chi connectivity index (χ4n) is 3.08. The number of sulfonamides is 1. The molecule has 1 saturated carbocycles. The molecule has 122 valence electrons. The first-order valence-electron chi connectivity index (χ1n) is 7.60. The molecule has 1 aliphatic rings. The number of hydrogen-bond donors (Lipinski definition) is 1. The van der Waals surface area contributed by atoms with Crippen LogP contribution in [0.2, 0.25) is 0 Å². The van der Waals surface area contributed by atoms with Gasteiger partial charge in [0.25, 0.3) is 0 Å². The molecule has 7 heteroatoms. The Hall–Kier alpha value is -2.51. The molecule has 1 fully saturated rings. The summed E-state index contributed by atoms with van der Waals surface area (Å²) in [6.07, 6.45) is 4.24. The van der Waals surface area contributed by atoms with Crippen LogP contribution >= 0.6 is 0 Å². The second-order valence-corrected chi connectivity index (χ2v) is 7.56. The van der Waals surface area contributed by atoms with E-state index in [0.717, 1.165) is 17.7 Å². The van der Waals surface area contributed by atoms with Gasteiger partial charge in [-0.1, -0.05) is 24.3 Å². The predicted molar refractivity (Wildman–Crippen MR) is 89.3 cm³/mol. The normalized spacial score (nSPS) is 20.0. The smallest absolute Gasteiger partial charge is 0.225 e. The van der Waals surface area contributed by atoms with Gasteiger partial charge in [-0.3, -0.25) is 0 Å². The van der Waals surface area contributed by atoms with E-state index in [-0.39, 0.29) is 4.90 Å². The molecule has 0 saturated heterocycles. The lowest BCUT2D eigenvalue weighted by Gasteiger charge is -2.06. The van der Waals surface area contributed by atoms with Crippen molar-refractivity contribution in [1.29, 1.82) is 0 Å². The summed E-state index contributed by atoms with van der Waals surface area (Å²) >= 11 is 0. The van der Waals surface area contributed by atoms with Crippen molar-refractivity contribution in [2.45, 2.75) is 23.2 Å². The van der Waals surface area contributed by atoms with Crippen LogP contribution in [-0.4, -0.2) is 23.2 Å². The maximum absolute atomic E-state index is 11.3. The molecule has 2 atom stereocenters. The zero-order chi connectivity index (χ0) is 16.7. The molecule has 0 unspecified atom stereocenters. The number of rotatable bonds is 4. The predicted octanol–water partition coefficient (Wildman–Crippen LogP) is 2.19. The van der Waals surface area contributed by atoms with Crippen molar-refractivity contribution in [2.75, 3.05) is 0 Å². The maximum Gasteiger partial charge on any atom is 0.238 e. The van der Waals surface area contributed by atoms with Gasteiger partial charge in [0.1, 0.15) is 12.7 Å². The summed E-state index contributed by atoms with van der Waals surface area (Å²) in [6, 6.07) is 15.1. The first-order chi connectivity index (χ1) is 11.5. The van der Waals surface area contributed by atoms with E-state index in [1.807, 2.05) is 24.3 Å². The number of nitrogens with zero attached hydrogens (tertiary/aromatic N) is 3. The van der Waals surface area contributed by atoms with E-state index in [1.165, 1.54) is 11.9 Å². The summed E-state index contributed by atoms with van der Waals surface area (Å²) in [5.74, 6) is 0.847. The van der Waals surface area contributed by atoms with Gasteiger partial charge in [-0.05, 0) is 53.6 Å². The van der Waals surface area contributed by atoms with E-state index in [9.17, 15) is 8.42 Å². The number of primary sulfonamides is 1. The van der Waals surface area contributed by atoms with Crippen LogP contribution in [0.1, 0.15) is 29.4 Å². The lowest BCUT2D eigenvalue weighted by Crippen LogP contribution is -2.11. The minimum atomic E-state index is -3.64. The van der Waals surface area contributed by atoms with E-state index in [2.05, 4.69) is 22.2 Å². The Morgan fingerprint density at radius 3 is 2.46 bits per heavy atom. The van der Waals surface area contributed by atoms with Gasteiger partial charge in [0.2, 0.25) is 10.0 Å². The van der Waals surface area contributed by atoms with Gasteiger partial charge in [0.05, 0.1) is 10.6 Å². The molecule has 0 radical (unpaired) electrons. The van der Waals surface area contributed by atoms with Gasteiger partial charge >= 0.3 is 0 Å². The van der Waals surface area contributed by atoms with Crippen LogP contribution in [0.5, 0.6) is 0 Å². The summed E-state index contributed by atoms with van der Waals surface area (Å²) in [5.41, 5.74) is 3.38. The maximum atomic E-state index is 11.3. The van der Waals surface area contributed by atoms with Crippen molar-refractivity contribution < 1.29 is 8.42 Å². The van der Waals surface area contributed by atoms with Crippen LogP contribution in [0.4, 0.5) is 0 Å². The lowest BCUT2D eigenvalue weighted by atomic mass is 10.0. The van der Waals surface area contributed by atoms with E-state index < -0.39 is 10.0 Å². The second-order valence-electron chi connectivity index (χ2n) is 6.00. The Morgan fingerprint density at radius 1 is 1.04 bits per heavy atom. The van der Waals surface area contributed by atoms with E-state index in [4.69, 9.17) is 5.14 Å². The number of benzene rings is 2. The fourth-order valence-corrected chi connectivity index (χ4v) is 3.59. The molecule has 2 aromatic carbocycles. The molecule has 2 N–H and O–H groups in total. The summed E-state index contributed by atoms with van der Waals surface area (Å²) in [7, 11) is -3.64. The minimum absolute atomic E-state index is 0.150. The van der Waals surface area contributed by atoms with E-state index in [0.29, 0.717) is 11.8 Å². The van der Waals surface area contributed by atoms with Crippen molar-refractivity contribution in [2.24, 2.45) is 5.14 Å². The molecule has 6 nitrogen and oxygen atoms in total. The highest BCUT2D eigenvalue weighted by Gasteiger charge is 2.39. The lowest BCUT2D eigenvalue weighted by molar-refractivity contribution is 0.598. The Kier molecular flexibility index (Phi) is 3.47. The number of aromatic nitrogens is 3. The van der Waals surface area contributed by atoms with Crippen LogP contribution in [0, 0.1) is 0 Å². The van der Waals surface area contributed by atoms with Crippen molar-refractivity contribution in [3.8, 4) is 5.69 Å². The van der Waals surface area contributed by atoms with Gasteiger partial charge in [-0.25, -0.2) is 23.2 Å². The standard InChI is InChI=1S/C17H16N4O2S/c18-24(22,23)15-6-4-12(5-7-15)16-9-17(16)13-2-1-3-14(8-13)21-11-19-10-20-21/h1-8,10-11,16-17H,9H2,(H2,18,22,23)/t16-,17-/m0/s1. The zero-order valence-corrected chi connectivity index (χ0v) is 13.6. The van der Waals surface area contributed by atoms with Gasteiger partial charge in [-0.15, -0.1) is 0 Å². The molecule has 0 amide bonds. The number of nitrogens with two attached hydrogens (primary N) is 1. The summed E-state index contributed by atoms with van der Waals surface area (Å²) in [4.78, 5) is 4.12. The van der Waals surface area contributed by atoms with E-state index in [1.54, 1.807) is 23.1 Å². The van der Waals surface area contributed by atoms with Gasteiger partial charge in [-0.2, -0.15) is 5.10 Å². The van der Waals surface area contributed by atoms with Crippen LogP contribution in [0.3, 0.4) is 0 Å². The average molecular weight is 340 g/mol. The molecule has 24 heavy (non-hydrogen) atoms. The highest BCUT2D eigenvalue weighted by Crippen LogP contribution is 2.54. The highest BCUT2D eigenvalue weighted by molar-refractivity contribution is 7.89. The number of hydrogen-bond acceptors (Lipinski definition) is 4. The summed E-state index contributed by atoms with van der Waals surface area (Å²) < 4.78 is 24.4. The molecule has 4 rings (SSSR count). The largest absolute Gasteiger partial charge is 0.238 e. The summed E-state index contributed by atoms with van der Waals surface area (Å²) in [6.45, 7) is 0. The molecule has 1 aliphatic carbocycles. The van der Waals surface area contributed by atoms with Crippen LogP contribution in [0.15, 0.2) is 66.1 Å². The molecule has 1 aromatic heterocycles. The quantitative estimate of drug-likeness (QED) is 0.788. The molecule has 3 aromatic rings. The van der Waals surface area contributed by atoms with Crippen LogP contribution in [0.25, 0.3) is 5.69 Å². The molecule has 0 spiro atoms. The first kappa shape index (κ1) is 15.0. The van der Waals surface area contributed by atoms with Crippen molar-refractivity contribution in [3.05, 3.63) is 72.3 Å². The van der Waals surface area contributed by atoms with Gasteiger partial charge in [0, 0.05) is 0 Å². The second kappa shape index (κ2) is 5.54.